The van der Waals surface area contributed by atoms with E-state index in [0.717, 1.165) is 49.4 Å². The van der Waals surface area contributed by atoms with Gasteiger partial charge in [-0.1, -0.05) is 12.8 Å². The minimum Gasteiger partial charge on any atom is -0.330 e. The maximum atomic E-state index is 12.9. The van der Waals surface area contributed by atoms with Gasteiger partial charge in [0.2, 0.25) is 5.91 Å². The number of nitrogens with zero attached hydrogens (tertiary/aromatic N) is 3. The minimum absolute atomic E-state index is 0.230. The van der Waals surface area contributed by atoms with Crippen LogP contribution in [0, 0.1) is 19.8 Å². The molecule has 1 saturated heterocycles. The number of aryl methyl sites for hydroxylation is 2. The first kappa shape index (κ1) is 14.5. The van der Waals surface area contributed by atoms with Gasteiger partial charge in [-0.15, -0.1) is 0 Å². The maximum Gasteiger partial charge on any atom is 0.226 e. The summed E-state index contributed by atoms with van der Waals surface area (Å²) in [5.74, 6) is 1.38. The second kappa shape index (κ2) is 5.39. The normalized spacial score (nSPS) is 26.5. The van der Waals surface area contributed by atoms with Crippen LogP contribution in [0.3, 0.4) is 0 Å². The van der Waals surface area contributed by atoms with Crippen LogP contribution < -0.4 is 0 Å². The van der Waals surface area contributed by atoms with E-state index in [4.69, 9.17) is 0 Å². The summed E-state index contributed by atoms with van der Waals surface area (Å²) in [6.07, 6.45) is 6.51. The van der Waals surface area contributed by atoms with Crippen molar-refractivity contribution in [2.24, 2.45) is 5.92 Å². The van der Waals surface area contributed by atoms with Gasteiger partial charge < -0.3 is 4.90 Å². The second-order valence-electron chi connectivity index (χ2n) is 6.82. The van der Waals surface area contributed by atoms with Gasteiger partial charge in [-0.2, -0.15) is 0 Å². The lowest BCUT2D eigenvalue weighted by Crippen LogP contribution is -2.46. The van der Waals surface area contributed by atoms with E-state index in [2.05, 4.69) is 21.8 Å². The SMILES string of the molecule is Cc1cc(C)nc(C2(C)CCCN2C(=O)C2CCCC2)n1. The summed E-state index contributed by atoms with van der Waals surface area (Å²) in [7, 11) is 0. The molecule has 0 radical (unpaired) electrons. The van der Waals surface area contributed by atoms with Gasteiger partial charge in [0.1, 0.15) is 0 Å². The van der Waals surface area contributed by atoms with Crippen molar-refractivity contribution in [2.45, 2.75) is 64.8 Å². The lowest BCUT2D eigenvalue weighted by atomic mass is 9.95. The Bertz CT molecular complexity index is 531. The molecule has 2 aliphatic rings. The number of aromatic nitrogens is 2. The first-order valence-corrected chi connectivity index (χ1v) is 8.15. The average Bonchev–Trinajstić information content (AvgIpc) is 3.06. The molecule has 2 fully saturated rings. The molecule has 2 heterocycles. The molecule has 1 unspecified atom stereocenters. The molecule has 1 saturated carbocycles. The minimum atomic E-state index is -0.323. The molecular weight excluding hydrogens is 262 g/mol. The van der Waals surface area contributed by atoms with E-state index in [9.17, 15) is 4.79 Å². The van der Waals surface area contributed by atoms with Crippen molar-refractivity contribution in [3.05, 3.63) is 23.3 Å². The van der Waals surface area contributed by atoms with Gasteiger partial charge in [0, 0.05) is 23.9 Å². The Morgan fingerprint density at radius 3 is 2.43 bits per heavy atom. The smallest absolute Gasteiger partial charge is 0.226 e. The van der Waals surface area contributed by atoms with Gasteiger partial charge >= 0.3 is 0 Å². The first-order chi connectivity index (χ1) is 10.0. The predicted molar refractivity (Wildman–Crippen MR) is 81.8 cm³/mol. The molecule has 0 aromatic carbocycles. The van der Waals surface area contributed by atoms with E-state index in [-0.39, 0.29) is 11.5 Å². The third kappa shape index (κ3) is 2.56. The number of hydrogen-bond donors (Lipinski definition) is 0. The summed E-state index contributed by atoms with van der Waals surface area (Å²) in [5.41, 5.74) is 1.65. The van der Waals surface area contributed by atoms with E-state index in [1.165, 1.54) is 12.8 Å². The Morgan fingerprint density at radius 1 is 1.19 bits per heavy atom. The van der Waals surface area contributed by atoms with Crippen LogP contribution in [0.4, 0.5) is 0 Å². The average molecular weight is 287 g/mol. The van der Waals surface area contributed by atoms with Crippen LogP contribution in [-0.4, -0.2) is 27.3 Å². The fourth-order valence-corrected chi connectivity index (χ4v) is 3.91. The Kier molecular flexibility index (Phi) is 3.72. The van der Waals surface area contributed by atoms with Crippen LogP contribution in [0.15, 0.2) is 6.07 Å². The summed E-state index contributed by atoms with van der Waals surface area (Å²) in [5, 5.41) is 0. The molecule has 114 valence electrons. The summed E-state index contributed by atoms with van der Waals surface area (Å²) < 4.78 is 0. The molecule has 0 bridgehead atoms. The fourth-order valence-electron chi connectivity index (χ4n) is 3.91. The molecule has 4 heteroatoms. The van der Waals surface area contributed by atoms with Crippen LogP contribution in [0.2, 0.25) is 0 Å². The number of carbonyl (C=O) groups is 1. The highest BCUT2D eigenvalue weighted by molar-refractivity contribution is 5.80. The van der Waals surface area contributed by atoms with Crippen molar-refractivity contribution in [3.63, 3.8) is 0 Å². The monoisotopic (exact) mass is 287 g/mol. The van der Waals surface area contributed by atoms with E-state index in [1.54, 1.807) is 0 Å². The number of carbonyl (C=O) groups excluding carboxylic acids is 1. The van der Waals surface area contributed by atoms with Crippen molar-refractivity contribution in [1.82, 2.24) is 14.9 Å². The number of rotatable bonds is 2. The standard InChI is InChI=1S/C17H25N3O/c1-12-11-13(2)19-16(18-12)17(3)9-6-10-20(17)15(21)14-7-4-5-8-14/h11,14H,4-10H2,1-3H3. The van der Waals surface area contributed by atoms with Crippen molar-refractivity contribution < 1.29 is 4.79 Å². The Morgan fingerprint density at radius 2 is 1.81 bits per heavy atom. The number of amides is 1. The van der Waals surface area contributed by atoms with Crippen LogP contribution in [0.1, 0.15) is 62.7 Å². The molecule has 1 amide bonds. The van der Waals surface area contributed by atoms with Gasteiger partial charge in [-0.25, -0.2) is 9.97 Å². The molecule has 4 nitrogen and oxygen atoms in total. The predicted octanol–water partition coefficient (Wildman–Crippen LogP) is 3.12. The lowest BCUT2D eigenvalue weighted by molar-refractivity contribution is -0.139. The largest absolute Gasteiger partial charge is 0.330 e. The Balaban J connectivity index is 1.92. The van der Waals surface area contributed by atoms with Crippen LogP contribution in [0.25, 0.3) is 0 Å². The van der Waals surface area contributed by atoms with E-state index >= 15 is 0 Å². The summed E-state index contributed by atoms with van der Waals surface area (Å²) in [4.78, 5) is 24.2. The highest BCUT2D eigenvalue weighted by atomic mass is 16.2. The molecule has 1 aliphatic carbocycles. The lowest BCUT2D eigenvalue weighted by Gasteiger charge is -2.35. The van der Waals surface area contributed by atoms with Gasteiger partial charge in [-0.05, 0) is 52.5 Å². The van der Waals surface area contributed by atoms with Crippen LogP contribution >= 0.6 is 0 Å². The molecule has 21 heavy (non-hydrogen) atoms. The molecule has 1 aliphatic heterocycles. The molecule has 1 aromatic rings. The molecular formula is C17H25N3O. The molecule has 1 aromatic heterocycles. The number of likely N-dealkylation sites (tertiary alicyclic amines) is 1. The first-order valence-electron chi connectivity index (χ1n) is 8.15. The van der Waals surface area contributed by atoms with E-state index in [0.29, 0.717) is 5.91 Å². The summed E-state index contributed by atoms with van der Waals surface area (Å²) in [6, 6.07) is 1.99. The summed E-state index contributed by atoms with van der Waals surface area (Å²) in [6.45, 7) is 6.99. The van der Waals surface area contributed by atoms with Crippen molar-refractivity contribution in [1.29, 1.82) is 0 Å². The maximum absolute atomic E-state index is 12.9. The van der Waals surface area contributed by atoms with Crippen molar-refractivity contribution in [2.75, 3.05) is 6.54 Å². The van der Waals surface area contributed by atoms with E-state index in [1.807, 2.05) is 19.9 Å². The highest BCUT2D eigenvalue weighted by Gasteiger charge is 2.45. The zero-order chi connectivity index (χ0) is 15.0. The van der Waals surface area contributed by atoms with Crippen LogP contribution in [-0.2, 0) is 10.3 Å². The molecule has 1 atom stereocenters. The topological polar surface area (TPSA) is 46.1 Å². The Labute approximate surface area is 127 Å². The molecule has 3 rings (SSSR count). The third-order valence-corrected chi connectivity index (χ3v) is 5.08. The van der Waals surface area contributed by atoms with Gasteiger partial charge in [0.25, 0.3) is 0 Å². The fraction of sp³-hybridized carbons (Fsp3) is 0.706. The van der Waals surface area contributed by atoms with Gasteiger partial charge in [0.05, 0.1) is 5.54 Å². The van der Waals surface area contributed by atoms with Crippen molar-refractivity contribution >= 4 is 5.91 Å². The Hall–Kier alpha value is -1.45. The van der Waals surface area contributed by atoms with Crippen LogP contribution in [0.5, 0.6) is 0 Å². The second-order valence-corrected chi connectivity index (χ2v) is 6.82. The van der Waals surface area contributed by atoms with Gasteiger partial charge in [0.15, 0.2) is 5.82 Å². The zero-order valence-corrected chi connectivity index (χ0v) is 13.4. The number of hydrogen-bond acceptors (Lipinski definition) is 3. The van der Waals surface area contributed by atoms with E-state index < -0.39 is 0 Å². The van der Waals surface area contributed by atoms with Gasteiger partial charge in [-0.3, -0.25) is 4.79 Å². The third-order valence-electron chi connectivity index (χ3n) is 5.08. The highest BCUT2D eigenvalue weighted by Crippen LogP contribution is 2.39. The summed E-state index contributed by atoms with van der Waals surface area (Å²) >= 11 is 0. The molecule has 0 spiro atoms. The quantitative estimate of drug-likeness (QED) is 0.839. The molecule has 0 N–H and O–H groups in total. The zero-order valence-electron chi connectivity index (χ0n) is 13.4. The van der Waals surface area contributed by atoms with Crippen molar-refractivity contribution in [3.8, 4) is 0 Å².